The number of rotatable bonds is 4. The quantitative estimate of drug-likeness (QED) is 0.165. The summed E-state index contributed by atoms with van der Waals surface area (Å²) in [4.78, 5) is 13.3. The minimum atomic E-state index is -0.632. The van der Waals surface area contributed by atoms with E-state index in [1.54, 1.807) is 0 Å². The summed E-state index contributed by atoms with van der Waals surface area (Å²) in [6, 6.07) is 48.0. The molecule has 0 N–H and O–H groups in total. The third kappa shape index (κ3) is 4.77. The summed E-state index contributed by atoms with van der Waals surface area (Å²) in [6.45, 7) is 4.49. The van der Waals surface area contributed by atoms with E-state index in [0.717, 1.165) is 23.2 Å². The number of hydrogen-bond acceptors (Lipinski definition) is 1. The van der Waals surface area contributed by atoms with Crippen molar-refractivity contribution >= 4 is 60.8 Å². The zero-order valence-electron chi connectivity index (χ0n) is 26.8. The van der Waals surface area contributed by atoms with Gasteiger partial charge in [-0.3, -0.25) is 0 Å². The van der Waals surface area contributed by atoms with Gasteiger partial charge in [0, 0.05) is 0 Å². The van der Waals surface area contributed by atoms with Crippen molar-refractivity contribution in [3.63, 3.8) is 0 Å². The Hall–Kier alpha value is -5.07. The van der Waals surface area contributed by atoms with E-state index >= 15 is 0 Å². The van der Waals surface area contributed by atoms with Crippen LogP contribution in [0.25, 0.3) is 55.3 Å². The summed E-state index contributed by atoms with van der Waals surface area (Å²) < 4.78 is 4.97. The molecule has 7 aromatic rings. The van der Waals surface area contributed by atoms with Crippen molar-refractivity contribution in [1.82, 2.24) is 4.57 Å². The van der Waals surface area contributed by atoms with Crippen LogP contribution in [0.3, 0.4) is 0 Å². The zero-order valence-corrected chi connectivity index (χ0v) is 29.2. The number of carbonyl (C=O) groups excluding carboxylic acids is 1. The Bertz CT molecular complexity index is 2450. The third-order valence-corrected chi connectivity index (χ3v) is 13.0. The first-order valence-corrected chi connectivity index (χ1v) is 18.8. The van der Waals surface area contributed by atoms with Gasteiger partial charge >= 0.3 is 231 Å². The topological polar surface area (TPSA) is 22.0 Å². The number of carbonyl (C=O) groups is 1. The molecule has 1 aliphatic heterocycles. The average molecular weight is 730 g/mol. The van der Waals surface area contributed by atoms with E-state index in [1.165, 1.54) is 73.5 Å². The summed E-state index contributed by atoms with van der Waals surface area (Å²) in [6.07, 6.45) is 5.26. The van der Waals surface area contributed by atoms with Crippen molar-refractivity contribution in [2.24, 2.45) is 0 Å². The predicted molar refractivity (Wildman–Crippen MR) is 203 cm³/mol. The van der Waals surface area contributed by atoms with Gasteiger partial charge in [0.2, 0.25) is 0 Å². The first-order chi connectivity index (χ1) is 23.5. The Balaban J connectivity index is 1.25. The molecule has 3 heteroatoms. The summed E-state index contributed by atoms with van der Waals surface area (Å²) in [5.41, 5.74) is 15.4. The van der Waals surface area contributed by atoms with Gasteiger partial charge in [-0.05, 0) is 0 Å². The van der Waals surface area contributed by atoms with Gasteiger partial charge in [0.05, 0.1) is 0 Å². The van der Waals surface area contributed by atoms with Crippen LogP contribution in [0.5, 0.6) is 0 Å². The second-order valence-electron chi connectivity index (χ2n) is 12.8. The number of allylic oxidation sites excluding steroid dienone is 4. The molecule has 6 aromatic carbocycles. The van der Waals surface area contributed by atoms with Crippen molar-refractivity contribution in [3.8, 4) is 27.9 Å². The van der Waals surface area contributed by atoms with Gasteiger partial charge in [0.15, 0.2) is 0 Å². The van der Waals surface area contributed by atoms with E-state index in [2.05, 4.69) is 152 Å². The molecule has 1 aromatic heterocycles. The van der Waals surface area contributed by atoms with Crippen LogP contribution in [0.1, 0.15) is 33.5 Å². The molecule has 0 bridgehead atoms. The summed E-state index contributed by atoms with van der Waals surface area (Å²) in [5, 5.41) is 2.53. The molecule has 9 rings (SSSR count). The van der Waals surface area contributed by atoms with Gasteiger partial charge in [-0.1, -0.05) is 60.7 Å². The fraction of sp³-hybridized carbons (Fsp3) is 0.0667. The zero-order chi connectivity index (χ0) is 32.4. The van der Waals surface area contributed by atoms with E-state index in [1.807, 2.05) is 12.1 Å². The van der Waals surface area contributed by atoms with Gasteiger partial charge in [0.1, 0.15) is 0 Å². The molecule has 0 fully saturated rings. The molecule has 0 atom stereocenters. The molecule has 0 saturated heterocycles. The average Bonchev–Trinajstić information content (AvgIpc) is 3.48. The molecule has 0 unspecified atom stereocenters. The second-order valence-corrected chi connectivity index (χ2v) is 15.9. The van der Waals surface area contributed by atoms with E-state index < -0.39 is 20.5 Å². The Morgan fingerprint density at radius 1 is 0.583 bits per heavy atom. The summed E-state index contributed by atoms with van der Waals surface area (Å²) in [7, 11) is 0. The van der Waals surface area contributed by atoms with Crippen LogP contribution in [-0.4, -0.2) is 34.4 Å². The Labute approximate surface area is 290 Å². The number of Topliss-reactive ketones (excluding diaryl/α,β-unsaturated/α-hetero) is 1. The van der Waals surface area contributed by atoms with Crippen LogP contribution < -0.4 is 3.61 Å². The molecule has 2 nitrogen and oxygen atoms in total. The van der Waals surface area contributed by atoms with Crippen LogP contribution in [0.4, 0.5) is 0 Å². The van der Waals surface area contributed by atoms with Crippen LogP contribution in [0, 0.1) is 13.8 Å². The Morgan fingerprint density at radius 3 is 1.81 bits per heavy atom. The minimum absolute atomic E-state index is 0.182. The Morgan fingerprint density at radius 2 is 1.17 bits per heavy atom. The normalized spacial score (nSPS) is 14.0. The number of aryl methyl sites for hydroxylation is 2. The van der Waals surface area contributed by atoms with E-state index in [-0.39, 0.29) is 5.78 Å². The SMILES string of the molecule is Cc1cc(-c2ccccc2)cc2c3cc(-c4ccccc4)cc(C)c3n(-c3cccc(C4=CC5=[Te]c6ccccc6C(=O)C5=CC4)c3)c12. The standard InChI is InChI=1S/C45H32NOTe/c1-28-22-34(30-12-5-3-6-13-30)25-39-40-26-35(31-14-7-4-8-15-31)23-29(2)44(40)46(43(28)39)36-17-11-16-32(24-36)33-20-21-38-42(27-33)48-41-19-10-9-18-37(41)45(38)47/h3-19,21-27H,20H2,1-2H3. The second kappa shape index (κ2) is 11.6. The van der Waals surface area contributed by atoms with Gasteiger partial charge in [0.25, 0.3) is 0 Å². The number of fused-ring (bicyclic) bond motifs is 5. The van der Waals surface area contributed by atoms with E-state index in [4.69, 9.17) is 0 Å². The fourth-order valence-corrected chi connectivity index (χ4v) is 10.7. The molecule has 2 aliphatic rings. The van der Waals surface area contributed by atoms with Crippen LogP contribution in [0.2, 0.25) is 0 Å². The van der Waals surface area contributed by atoms with Crippen molar-refractivity contribution in [1.29, 1.82) is 0 Å². The fourth-order valence-electron chi connectivity index (χ4n) is 7.48. The van der Waals surface area contributed by atoms with Gasteiger partial charge < -0.3 is 0 Å². The first-order valence-electron chi connectivity index (χ1n) is 16.4. The van der Waals surface area contributed by atoms with Gasteiger partial charge in [-0.15, -0.1) is 0 Å². The van der Waals surface area contributed by atoms with Crippen molar-refractivity contribution in [2.75, 3.05) is 0 Å². The van der Waals surface area contributed by atoms with Crippen molar-refractivity contribution in [2.45, 2.75) is 20.3 Å². The molecule has 48 heavy (non-hydrogen) atoms. The maximum absolute atomic E-state index is 13.3. The number of ketones is 1. The summed E-state index contributed by atoms with van der Waals surface area (Å²) >= 11 is -0.632. The molecular formula is C45H32NOTe. The van der Waals surface area contributed by atoms with E-state index in [0.29, 0.717) is 0 Å². The van der Waals surface area contributed by atoms with Gasteiger partial charge in [-0.2, -0.15) is 0 Å². The van der Waals surface area contributed by atoms with Crippen molar-refractivity contribution < 1.29 is 4.79 Å². The number of benzene rings is 6. The molecule has 0 saturated carbocycles. The van der Waals surface area contributed by atoms with Crippen molar-refractivity contribution in [3.05, 3.63) is 173 Å². The molecule has 0 spiro atoms. The molecule has 0 amide bonds. The van der Waals surface area contributed by atoms with Crippen LogP contribution >= 0.6 is 0 Å². The number of aromatic nitrogens is 1. The predicted octanol–water partition coefficient (Wildman–Crippen LogP) is 9.85. The van der Waals surface area contributed by atoms with Gasteiger partial charge in [-0.25, -0.2) is 0 Å². The molecule has 1 radical (unpaired) electrons. The molecule has 1 aliphatic carbocycles. The monoisotopic (exact) mass is 732 g/mol. The van der Waals surface area contributed by atoms with E-state index in [9.17, 15) is 4.79 Å². The third-order valence-electron chi connectivity index (χ3n) is 9.72. The first kappa shape index (κ1) is 29.1. The maximum atomic E-state index is 13.3. The molecule has 229 valence electrons. The molecule has 2 heterocycles. The molecular weight excluding hydrogens is 698 g/mol. The Kier molecular flexibility index (Phi) is 7.01. The van der Waals surface area contributed by atoms with Crippen LogP contribution in [-0.2, 0) is 0 Å². The number of nitrogens with zero attached hydrogens (tertiary/aromatic N) is 1. The number of hydrogen-bond donors (Lipinski definition) is 0. The van der Waals surface area contributed by atoms with Crippen LogP contribution in [0.15, 0.2) is 151 Å². The summed E-state index contributed by atoms with van der Waals surface area (Å²) in [5.74, 6) is 0.182.